The van der Waals surface area contributed by atoms with Crippen LogP contribution in [-0.4, -0.2) is 28.9 Å². The van der Waals surface area contributed by atoms with Crippen LogP contribution < -0.4 is 0 Å². The van der Waals surface area contributed by atoms with Crippen LogP contribution in [-0.2, 0) is 29.9 Å². The molecule has 0 aromatic heterocycles. The fourth-order valence-corrected chi connectivity index (χ4v) is 2.66. The third kappa shape index (κ3) is 9.34. The zero-order chi connectivity index (χ0) is 19.1. The highest BCUT2D eigenvalue weighted by Gasteiger charge is 2.27. The van der Waals surface area contributed by atoms with E-state index in [-0.39, 0.29) is 20.8 Å². The van der Waals surface area contributed by atoms with Crippen molar-refractivity contribution < 1.29 is 32.8 Å². The van der Waals surface area contributed by atoms with Gasteiger partial charge >= 0.3 is 14.5 Å². The summed E-state index contributed by atoms with van der Waals surface area (Å²) in [5.41, 5.74) is 1.34. The average Bonchev–Trinajstić information content (AvgIpc) is 2.47. The number of phosphoric acid groups is 1. The highest BCUT2D eigenvalue weighted by atomic mass is 35.5. The largest absolute Gasteiger partial charge is 0.529 e. The summed E-state index contributed by atoms with van der Waals surface area (Å²) in [7, 11) is -1.41. The molecule has 3 N–H and O–H groups in total. The van der Waals surface area contributed by atoms with E-state index in [1.807, 2.05) is 0 Å². The molecule has 0 aliphatic carbocycles. The molecule has 0 atom stereocenters. The van der Waals surface area contributed by atoms with Gasteiger partial charge in [-0.2, -0.15) is 0 Å². The van der Waals surface area contributed by atoms with Gasteiger partial charge in [-0.25, -0.2) is 4.57 Å². The van der Waals surface area contributed by atoms with Crippen molar-refractivity contribution in [3.8, 4) is 0 Å². The molecule has 0 unspecified atom stereocenters. The summed E-state index contributed by atoms with van der Waals surface area (Å²) in [5.74, 6) is -0.0164. The highest BCUT2D eigenvalue weighted by molar-refractivity contribution is 8.06. The molecular weight excluding hydrogens is 468 g/mol. The molecule has 14 heteroatoms. The summed E-state index contributed by atoms with van der Waals surface area (Å²) in [6.45, 7) is -3.81. The van der Waals surface area contributed by atoms with Crippen molar-refractivity contribution in [1.82, 2.24) is 0 Å². The average molecular weight is 480 g/mol. The van der Waals surface area contributed by atoms with Crippen LogP contribution in [0.4, 0.5) is 0 Å². The van der Waals surface area contributed by atoms with Gasteiger partial charge in [0, 0.05) is 25.3 Å². The molecule has 0 fully saturated rings. The quantitative estimate of drug-likeness (QED) is 0.314. The van der Waals surface area contributed by atoms with E-state index >= 15 is 0 Å². The van der Waals surface area contributed by atoms with Gasteiger partial charge < -0.3 is 19.2 Å². The Morgan fingerprint density at radius 3 is 1.88 bits per heavy atom. The molecule has 24 heavy (non-hydrogen) atoms. The van der Waals surface area contributed by atoms with Gasteiger partial charge in [0.25, 0.3) is 0 Å². The molecule has 0 heterocycles. The Morgan fingerprint density at radius 1 is 1.08 bits per heavy atom. The lowest BCUT2D eigenvalue weighted by Gasteiger charge is -2.17. The van der Waals surface area contributed by atoms with Crippen LogP contribution in [0.3, 0.4) is 0 Å². The topological polar surface area (TPSA) is 105 Å². The van der Waals surface area contributed by atoms with Crippen LogP contribution in [0.5, 0.6) is 0 Å². The van der Waals surface area contributed by atoms with Crippen molar-refractivity contribution in [3.05, 3.63) is 38.3 Å². The highest BCUT2D eigenvalue weighted by Crippen LogP contribution is 2.52. The van der Waals surface area contributed by atoms with Gasteiger partial charge in [0.2, 0.25) is 0 Å². The Kier molecular flexibility index (Phi) is 10.9. The van der Waals surface area contributed by atoms with Crippen LogP contribution >= 0.6 is 60.9 Å². The second kappa shape index (κ2) is 10.7. The van der Waals surface area contributed by atoms with Crippen molar-refractivity contribution >= 4 is 78.5 Å². The first-order valence-electron chi connectivity index (χ1n) is 5.51. The summed E-state index contributed by atoms with van der Waals surface area (Å²) < 4.78 is 26.3. The van der Waals surface area contributed by atoms with Crippen LogP contribution in [0.2, 0.25) is 15.1 Å². The molecule has 0 saturated carbocycles. The smallest absolute Gasteiger partial charge is 0.402 e. The summed E-state index contributed by atoms with van der Waals surface area (Å²) in [6, 6.07) is 2.84. The lowest BCUT2D eigenvalue weighted by molar-refractivity contribution is 0.201. The predicted octanol–water partition coefficient (Wildman–Crippen LogP) is 4.79. The molecule has 1 aromatic rings. The van der Waals surface area contributed by atoms with Gasteiger partial charge in [0.15, 0.2) is 5.76 Å². The third-order valence-corrected chi connectivity index (χ3v) is 4.58. The standard InChI is InChI=1S/C10H9Cl4O4P.H3O3PS/c1-16-19(15,17-2)18-10(5-11)6-3-8(13)9(14)4-7(6)12;1-4(2,3)5/h3-5H,1-2H3;(H3,1,2,3,5)/b10-5-;. The first kappa shape index (κ1) is 24.6. The van der Waals surface area contributed by atoms with Gasteiger partial charge in [-0.15, -0.1) is 0 Å². The van der Waals surface area contributed by atoms with Gasteiger partial charge in [-0.1, -0.05) is 46.4 Å². The van der Waals surface area contributed by atoms with Crippen molar-refractivity contribution in [2.45, 2.75) is 0 Å². The van der Waals surface area contributed by atoms with Gasteiger partial charge in [0.05, 0.1) is 15.1 Å². The molecule has 0 amide bonds. The molecular formula is C10H12Cl4O7P2S. The van der Waals surface area contributed by atoms with Gasteiger partial charge in [0.1, 0.15) is 0 Å². The second-order valence-corrected chi connectivity index (χ2v) is 9.38. The molecule has 1 aromatic carbocycles. The van der Waals surface area contributed by atoms with Crippen molar-refractivity contribution in [1.29, 1.82) is 0 Å². The van der Waals surface area contributed by atoms with Crippen LogP contribution in [0.15, 0.2) is 17.7 Å². The first-order valence-corrected chi connectivity index (χ1v) is 11.2. The van der Waals surface area contributed by atoms with E-state index < -0.39 is 14.5 Å². The third-order valence-electron chi connectivity index (χ3n) is 2.03. The monoisotopic (exact) mass is 478 g/mol. The normalized spacial score (nSPS) is 12.5. The molecule has 0 aliphatic heterocycles. The Labute approximate surface area is 163 Å². The van der Waals surface area contributed by atoms with E-state index in [1.54, 1.807) is 0 Å². The number of rotatable bonds is 5. The molecule has 0 saturated heterocycles. The fraction of sp³-hybridized carbons (Fsp3) is 0.200. The summed E-state index contributed by atoms with van der Waals surface area (Å²) in [4.78, 5) is 22.7. The number of hydrogen-bond acceptors (Lipinski definition) is 5. The molecule has 7 nitrogen and oxygen atoms in total. The van der Waals surface area contributed by atoms with Crippen LogP contribution in [0, 0.1) is 0 Å². The Bertz CT molecular complexity index is 678. The van der Waals surface area contributed by atoms with E-state index in [9.17, 15) is 4.57 Å². The van der Waals surface area contributed by atoms with E-state index in [0.717, 1.165) is 5.54 Å². The minimum atomic E-state index is -3.81. The molecule has 0 aliphatic rings. The van der Waals surface area contributed by atoms with Crippen molar-refractivity contribution in [3.63, 3.8) is 0 Å². The summed E-state index contributed by atoms with van der Waals surface area (Å²) >= 11 is 26.9. The number of hydrogen-bond donors (Lipinski definition) is 3. The molecule has 0 spiro atoms. The zero-order valence-electron chi connectivity index (χ0n) is 12.0. The Balaban J connectivity index is 0.000000922. The maximum atomic E-state index is 11.9. The number of halogens is 4. The van der Waals surface area contributed by atoms with Crippen molar-refractivity contribution in [2.75, 3.05) is 14.2 Å². The van der Waals surface area contributed by atoms with Crippen LogP contribution in [0.25, 0.3) is 5.76 Å². The van der Waals surface area contributed by atoms with E-state index in [0.29, 0.717) is 5.56 Å². The molecule has 1 rings (SSSR count). The summed E-state index contributed by atoms with van der Waals surface area (Å²) in [5, 5.41) is 0.733. The van der Waals surface area contributed by atoms with Crippen LogP contribution in [0.1, 0.15) is 5.56 Å². The minimum Gasteiger partial charge on any atom is -0.402 e. The maximum Gasteiger partial charge on any atom is 0.529 e. The molecule has 0 bridgehead atoms. The Hall–Kier alpha value is 0.600. The zero-order valence-corrected chi connectivity index (χ0v) is 17.7. The van der Waals surface area contributed by atoms with Crippen molar-refractivity contribution in [2.24, 2.45) is 0 Å². The van der Waals surface area contributed by atoms with E-state index in [1.165, 1.54) is 26.4 Å². The lowest BCUT2D eigenvalue weighted by atomic mass is 10.2. The predicted molar refractivity (Wildman–Crippen MR) is 99.0 cm³/mol. The first-order chi connectivity index (χ1) is 10.9. The SMILES string of the molecule is COP(=O)(OC)O/C(=C\Cl)c1cc(Cl)c(Cl)cc1Cl.OP(O)(O)=S. The van der Waals surface area contributed by atoms with Gasteiger partial charge in [-0.05, 0) is 23.9 Å². The van der Waals surface area contributed by atoms with E-state index in [2.05, 4.69) is 20.9 Å². The Morgan fingerprint density at radius 2 is 1.50 bits per heavy atom. The number of benzene rings is 1. The summed E-state index contributed by atoms with van der Waals surface area (Å²) in [6.07, 6.45) is 0. The minimum absolute atomic E-state index is 0.0164. The van der Waals surface area contributed by atoms with E-state index in [4.69, 9.17) is 65.6 Å². The number of phosphoric ester groups is 1. The van der Waals surface area contributed by atoms with Gasteiger partial charge in [-0.3, -0.25) is 9.05 Å². The maximum absolute atomic E-state index is 11.9. The second-order valence-electron chi connectivity index (χ2n) is 3.64. The lowest BCUT2D eigenvalue weighted by Crippen LogP contribution is -1.96. The molecule has 0 radical (unpaired) electrons. The molecule has 138 valence electrons. The fourth-order valence-electron chi connectivity index (χ4n) is 1.11.